The van der Waals surface area contributed by atoms with Crippen molar-refractivity contribution in [2.45, 2.75) is 27.2 Å². The third-order valence-electron chi connectivity index (χ3n) is 1.56. The highest BCUT2D eigenvalue weighted by Gasteiger charge is 1.93. The van der Waals surface area contributed by atoms with Crippen molar-refractivity contribution in [2.75, 3.05) is 0 Å². The van der Waals surface area contributed by atoms with Gasteiger partial charge in [0, 0.05) is 5.57 Å². The first-order valence-electron chi connectivity index (χ1n) is 3.71. The number of allylic oxidation sites excluding steroid dienone is 3. The monoisotopic (exact) mass is 153 g/mol. The predicted octanol–water partition coefficient (Wildman–Crippen LogP) is 1.77. The second-order valence-corrected chi connectivity index (χ2v) is 2.58. The maximum atomic E-state index is 10.5. The first-order chi connectivity index (χ1) is 5.07. The van der Waals surface area contributed by atoms with E-state index in [1.165, 1.54) is 5.57 Å². The molecule has 0 aliphatic heterocycles. The number of carbonyl (C=O) groups is 1. The maximum absolute atomic E-state index is 10.5. The van der Waals surface area contributed by atoms with E-state index < -0.39 is 0 Å². The van der Waals surface area contributed by atoms with Crippen molar-refractivity contribution in [1.82, 2.24) is 0 Å². The predicted molar refractivity (Wildman–Crippen MR) is 47.0 cm³/mol. The van der Waals surface area contributed by atoms with Crippen LogP contribution in [0.5, 0.6) is 0 Å². The van der Waals surface area contributed by atoms with E-state index in [1.807, 2.05) is 13.0 Å². The summed E-state index contributed by atoms with van der Waals surface area (Å²) in [6.45, 7) is 5.80. The van der Waals surface area contributed by atoms with Gasteiger partial charge in [-0.3, -0.25) is 4.79 Å². The van der Waals surface area contributed by atoms with Gasteiger partial charge >= 0.3 is 0 Å². The molecule has 0 fully saturated rings. The van der Waals surface area contributed by atoms with Crippen LogP contribution in [0.4, 0.5) is 0 Å². The van der Waals surface area contributed by atoms with Gasteiger partial charge in [-0.15, -0.1) is 0 Å². The van der Waals surface area contributed by atoms with Crippen LogP contribution in [0.1, 0.15) is 27.2 Å². The summed E-state index contributed by atoms with van der Waals surface area (Å²) in [5.41, 5.74) is 6.86. The van der Waals surface area contributed by atoms with Crippen LogP contribution in [-0.2, 0) is 4.79 Å². The molecule has 0 aromatic rings. The Morgan fingerprint density at radius 1 is 1.36 bits per heavy atom. The minimum Gasteiger partial charge on any atom is -0.366 e. The lowest BCUT2D eigenvalue weighted by Gasteiger charge is -1.92. The Morgan fingerprint density at radius 2 is 1.91 bits per heavy atom. The Bertz CT molecular complexity index is 202. The molecule has 0 saturated carbocycles. The molecule has 0 spiro atoms. The summed E-state index contributed by atoms with van der Waals surface area (Å²) in [5, 5.41) is 0. The SMILES string of the molecule is CC/C(C)=C/C=C(\C)C(N)=O. The van der Waals surface area contributed by atoms with E-state index in [0.29, 0.717) is 5.57 Å². The van der Waals surface area contributed by atoms with Crippen LogP contribution in [0.25, 0.3) is 0 Å². The van der Waals surface area contributed by atoms with Gasteiger partial charge < -0.3 is 5.73 Å². The van der Waals surface area contributed by atoms with Gasteiger partial charge in [0.25, 0.3) is 0 Å². The molecule has 0 aliphatic rings. The number of primary amides is 1. The fourth-order valence-electron chi connectivity index (χ4n) is 0.467. The van der Waals surface area contributed by atoms with Crippen LogP contribution in [0.2, 0.25) is 0 Å². The van der Waals surface area contributed by atoms with Crippen molar-refractivity contribution in [3.05, 3.63) is 23.3 Å². The van der Waals surface area contributed by atoms with E-state index in [0.717, 1.165) is 6.42 Å². The first kappa shape index (κ1) is 9.95. The van der Waals surface area contributed by atoms with E-state index in [9.17, 15) is 4.79 Å². The van der Waals surface area contributed by atoms with Crippen molar-refractivity contribution in [3.63, 3.8) is 0 Å². The Hall–Kier alpha value is -1.05. The number of nitrogens with two attached hydrogens (primary N) is 1. The van der Waals surface area contributed by atoms with E-state index in [1.54, 1.807) is 13.0 Å². The molecule has 0 aliphatic carbocycles. The molecule has 0 atom stereocenters. The summed E-state index contributed by atoms with van der Waals surface area (Å²) < 4.78 is 0. The minimum absolute atomic E-state index is 0.356. The zero-order chi connectivity index (χ0) is 8.85. The minimum atomic E-state index is -0.356. The summed E-state index contributed by atoms with van der Waals surface area (Å²) in [4.78, 5) is 10.5. The Balaban J connectivity index is 4.22. The highest BCUT2D eigenvalue weighted by molar-refractivity contribution is 5.91. The molecule has 0 aromatic heterocycles. The average Bonchev–Trinajstić information content (AvgIpc) is 1.99. The molecule has 2 heteroatoms. The van der Waals surface area contributed by atoms with Crippen molar-refractivity contribution in [1.29, 1.82) is 0 Å². The molecule has 0 unspecified atom stereocenters. The van der Waals surface area contributed by atoms with Gasteiger partial charge in [-0.1, -0.05) is 24.6 Å². The van der Waals surface area contributed by atoms with E-state index in [4.69, 9.17) is 5.73 Å². The lowest BCUT2D eigenvalue weighted by molar-refractivity contribution is -0.114. The molecule has 0 bridgehead atoms. The quantitative estimate of drug-likeness (QED) is 0.487. The van der Waals surface area contributed by atoms with Gasteiger partial charge in [0.05, 0.1) is 0 Å². The maximum Gasteiger partial charge on any atom is 0.244 e. The van der Waals surface area contributed by atoms with Crippen LogP contribution in [0.15, 0.2) is 23.3 Å². The number of rotatable bonds is 3. The Morgan fingerprint density at radius 3 is 2.27 bits per heavy atom. The van der Waals surface area contributed by atoms with Crippen LogP contribution >= 0.6 is 0 Å². The molecule has 0 rings (SSSR count). The van der Waals surface area contributed by atoms with Crippen LogP contribution < -0.4 is 5.73 Å². The summed E-state index contributed by atoms with van der Waals surface area (Å²) >= 11 is 0. The fourth-order valence-corrected chi connectivity index (χ4v) is 0.467. The van der Waals surface area contributed by atoms with Gasteiger partial charge in [-0.25, -0.2) is 0 Å². The number of carbonyl (C=O) groups excluding carboxylic acids is 1. The molecule has 0 aromatic carbocycles. The second kappa shape index (κ2) is 4.72. The van der Waals surface area contributed by atoms with Crippen molar-refractivity contribution >= 4 is 5.91 Å². The molecule has 2 nitrogen and oxygen atoms in total. The zero-order valence-corrected chi connectivity index (χ0v) is 7.35. The van der Waals surface area contributed by atoms with Crippen molar-refractivity contribution < 1.29 is 4.79 Å². The average molecular weight is 153 g/mol. The van der Waals surface area contributed by atoms with Crippen molar-refractivity contribution in [3.8, 4) is 0 Å². The smallest absolute Gasteiger partial charge is 0.244 e. The molecular weight excluding hydrogens is 138 g/mol. The summed E-state index contributed by atoms with van der Waals surface area (Å²) in [6.07, 6.45) is 4.67. The van der Waals surface area contributed by atoms with Gasteiger partial charge in [0.2, 0.25) is 5.91 Å². The van der Waals surface area contributed by atoms with Gasteiger partial charge in [-0.05, 0) is 20.3 Å². The number of hydrogen-bond acceptors (Lipinski definition) is 1. The first-order valence-corrected chi connectivity index (χ1v) is 3.71. The highest BCUT2D eigenvalue weighted by Crippen LogP contribution is 2.00. The Labute approximate surface area is 67.8 Å². The lowest BCUT2D eigenvalue weighted by atomic mass is 10.2. The molecule has 62 valence electrons. The number of amides is 1. The molecule has 2 N–H and O–H groups in total. The second-order valence-electron chi connectivity index (χ2n) is 2.58. The third kappa shape index (κ3) is 4.37. The van der Waals surface area contributed by atoms with Crippen LogP contribution in [-0.4, -0.2) is 5.91 Å². The normalized spacial score (nSPS) is 13.4. The van der Waals surface area contributed by atoms with Gasteiger partial charge in [0.15, 0.2) is 0 Å². The Kier molecular flexibility index (Phi) is 4.27. The van der Waals surface area contributed by atoms with E-state index in [-0.39, 0.29) is 5.91 Å². The zero-order valence-electron chi connectivity index (χ0n) is 7.35. The van der Waals surface area contributed by atoms with E-state index in [2.05, 4.69) is 6.92 Å². The summed E-state index contributed by atoms with van der Waals surface area (Å²) in [5.74, 6) is -0.356. The largest absolute Gasteiger partial charge is 0.366 e. The topological polar surface area (TPSA) is 43.1 Å². The van der Waals surface area contributed by atoms with Crippen LogP contribution in [0, 0.1) is 0 Å². The van der Waals surface area contributed by atoms with Gasteiger partial charge in [-0.2, -0.15) is 0 Å². The summed E-state index contributed by atoms with van der Waals surface area (Å²) in [7, 11) is 0. The number of hydrogen-bond donors (Lipinski definition) is 1. The lowest BCUT2D eigenvalue weighted by Crippen LogP contribution is -2.11. The molecule has 1 amide bonds. The standard InChI is InChI=1S/C9H15NO/c1-4-7(2)5-6-8(3)9(10)11/h5-6H,4H2,1-3H3,(H2,10,11)/b7-5+,8-6+. The van der Waals surface area contributed by atoms with E-state index >= 15 is 0 Å². The third-order valence-corrected chi connectivity index (χ3v) is 1.56. The summed E-state index contributed by atoms with van der Waals surface area (Å²) in [6, 6.07) is 0. The fraction of sp³-hybridized carbons (Fsp3) is 0.444. The molecule has 11 heavy (non-hydrogen) atoms. The van der Waals surface area contributed by atoms with Crippen LogP contribution in [0.3, 0.4) is 0 Å². The molecular formula is C9H15NO. The van der Waals surface area contributed by atoms with Gasteiger partial charge in [0.1, 0.15) is 0 Å². The molecule has 0 saturated heterocycles. The highest BCUT2D eigenvalue weighted by atomic mass is 16.1. The molecule has 0 heterocycles. The molecule has 0 radical (unpaired) electrons. The van der Waals surface area contributed by atoms with Crippen molar-refractivity contribution in [2.24, 2.45) is 5.73 Å².